The number of nitrogens with two attached hydrogens (primary N) is 1. The van der Waals surface area contributed by atoms with Gasteiger partial charge in [-0.3, -0.25) is 29.8 Å². The molecule has 0 bridgehead atoms. The second kappa shape index (κ2) is 6.70. The van der Waals surface area contributed by atoms with Crippen molar-refractivity contribution < 1.29 is 14.5 Å². The Hall–Kier alpha value is -3.54. The molecule has 2 aromatic rings. The van der Waals surface area contributed by atoms with Gasteiger partial charge in [0.15, 0.2) is 0 Å². The van der Waals surface area contributed by atoms with Crippen molar-refractivity contribution in [1.82, 2.24) is 20.6 Å². The van der Waals surface area contributed by atoms with Gasteiger partial charge in [-0.25, -0.2) is 4.79 Å². The minimum Gasteiger partial charge on any atom is -0.351 e. The number of urea groups is 1. The Balaban J connectivity index is 2.33. The summed E-state index contributed by atoms with van der Waals surface area (Å²) < 4.78 is 0. The smallest absolute Gasteiger partial charge is 0.318 e. The molecule has 0 spiro atoms. The quantitative estimate of drug-likeness (QED) is 0.246. The standard InChI is InChI=1S/C12H12N6O6/c13-12(22)16-8(19)4-14-3-5-1-6(18(23)24)2-7-9(5)17-11(21)10(20)15-7/h1-2,14H,3-4H2,(H,15,20)(H,17,21)(H3,13,16,19,22). The van der Waals surface area contributed by atoms with Gasteiger partial charge in [0.2, 0.25) is 5.91 Å². The normalized spacial score (nSPS) is 10.5. The number of imide groups is 1. The molecule has 3 amide bonds. The molecule has 1 aromatic carbocycles. The van der Waals surface area contributed by atoms with Crippen molar-refractivity contribution >= 4 is 28.7 Å². The van der Waals surface area contributed by atoms with Crippen molar-refractivity contribution in [3.63, 3.8) is 0 Å². The predicted octanol–water partition coefficient (Wildman–Crippen LogP) is -1.59. The van der Waals surface area contributed by atoms with Crippen LogP contribution < -0.4 is 27.5 Å². The molecular weight excluding hydrogens is 324 g/mol. The lowest BCUT2D eigenvalue weighted by Crippen LogP contribution is -2.40. The van der Waals surface area contributed by atoms with Gasteiger partial charge in [0.1, 0.15) is 0 Å². The Bertz CT molecular complexity index is 945. The summed E-state index contributed by atoms with van der Waals surface area (Å²) in [7, 11) is 0. The first-order valence-electron chi connectivity index (χ1n) is 6.51. The van der Waals surface area contributed by atoms with E-state index in [2.05, 4.69) is 15.3 Å². The Labute approximate surface area is 132 Å². The molecule has 0 aliphatic carbocycles. The van der Waals surface area contributed by atoms with Crippen LogP contribution in [0, 0.1) is 10.1 Å². The fraction of sp³-hybridized carbons (Fsp3) is 0.167. The van der Waals surface area contributed by atoms with Crippen LogP contribution in [0.5, 0.6) is 0 Å². The van der Waals surface area contributed by atoms with Crippen LogP contribution in [-0.2, 0) is 11.3 Å². The minimum atomic E-state index is -1.01. The van der Waals surface area contributed by atoms with Crippen molar-refractivity contribution in [1.29, 1.82) is 0 Å². The zero-order valence-corrected chi connectivity index (χ0v) is 12.0. The number of primary amides is 1. The summed E-state index contributed by atoms with van der Waals surface area (Å²) in [6.07, 6.45) is 0. The number of aromatic nitrogens is 2. The molecule has 6 N–H and O–H groups in total. The fourth-order valence-electron chi connectivity index (χ4n) is 2.02. The number of fused-ring (bicyclic) bond motifs is 1. The molecule has 1 heterocycles. The number of nitrogens with one attached hydrogen (secondary N) is 4. The number of amides is 3. The SMILES string of the molecule is NC(=O)NC(=O)CNCc1cc([N+](=O)[O-])cc2[nH]c(=O)c(=O)[nH]c12. The topological polar surface area (TPSA) is 193 Å². The van der Waals surface area contributed by atoms with E-state index in [-0.39, 0.29) is 35.4 Å². The molecule has 0 fully saturated rings. The van der Waals surface area contributed by atoms with Gasteiger partial charge in [-0.2, -0.15) is 0 Å². The zero-order valence-electron chi connectivity index (χ0n) is 12.0. The second-order valence-corrected chi connectivity index (χ2v) is 4.71. The highest BCUT2D eigenvalue weighted by Gasteiger charge is 2.14. The van der Waals surface area contributed by atoms with Gasteiger partial charge in [-0.05, 0) is 5.56 Å². The molecule has 0 aliphatic rings. The molecule has 0 saturated heterocycles. The Morgan fingerprint density at radius 2 is 1.88 bits per heavy atom. The summed E-state index contributed by atoms with van der Waals surface area (Å²) in [5.74, 6) is -0.695. The number of hydrogen-bond donors (Lipinski definition) is 5. The number of nitrogens with zero attached hydrogens (tertiary/aromatic N) is 1. The number of rotatable bonds is 5. The first-order valence-corrected chi connectivity index (χ1v) is 6.51. The van der Waals surface area contributed by atoms with Crippen molar-refractivity contribution in [3.8, 4) is 0 Å². The highest BCUT2D eigenvalue weighted by Crippen LogP contribution is 2.21. The summed E-state index contributed by atoms with van der Waals surface area (Å²) in [5, 5.41) is 15.4. The van der Waals surface area contributed by atoms with Gasteiger partial charge in [0.05, 0.1) is 22.5 Å². The zero-order chi connectivity index (χ0) is 17.9. The summed E-state index contributed by atoms with van der Waals surface area (Å²) in [5.41, 5.74) is 3.17. The second-order valence-electron chi connectivity index (χ2n) is 4.71. The van der Waals surface area contributed by atoms with Crippen LogP contribution in [0.3, 0.4) is 0 Å². The van der Waals surface area contributed by atoms with E-state index >= 15 is 0 Å². The molecule has 0 atom stereocenters. The van der Waals surface area contributed by atoms with Gasteiger partial charge >= 0.3 is 17.1 Å². The number of benzene rings is 1. The lowest BCUT2D eigenvalue weighted by Gasteiger charge is -2.08. The number of H-pyrrole nitrogens is 2. The van der Waals surface area contributed by atoms with Crippen molar-refractivity contribution in [3.05, 3.63) is 48.5 Å². The minimum absolute atomic E-state index is 0.0493. The molecular formula is C12H12N6O6. The van der Waals surface area contributed by atoms with E-state index in [1.54, 1.807) is 0 Å². The maximum atomic E-state index is 11.4. The third-order valence-corrected chi connectivity index (χ3v) is 2.97. The maximum Gasteiger partial charge on any atom is 0.318 e. The third kappa shape index (κ3) is 3.80. The molecule has 0 saturated carbocycles. The first-order chi connectivity index (χ1) is 11.3. The monoisotopic (exact) mass is 336 g/mol. The largest absolute Gasteiger partial charge is 0.351 e. The fourth-order valence-corrected chi connectivity index (χ4v) is 2.02. The summed E-state index contributed by atoms with van der Waals surface area (Å²) in [6, 6.07) is 1.29. The number of non-ortho nitro benzene ring substituents is 1. The average molecular weight is 336 g/mol. The van der Waals surface area contributed by atoms with Crippen LogP contribution >= 0.6 is 0 Å². The molecule has 12 heteroatoms. The summed E-state index contributed by atoms with van der Waals surface area (Å²) in [4.78, 5) is 59.5. The third-order valence-electron chi connectivity index (χ3n) is 2.97. The molecule has 2 rings (SSSR count). The van der Waals surface area contributed by atoms with Crippen LogP contribution in [0.2, 0.25) is 0 Å². The van der Waals surface area contributed by atoms with Gasteiger partial charge in [0.25, 0.3) is 5.69 Å². The average Bonchev–Trinajstić information content (AvgIpc) is 2.47. The number of nitro benzene ring substituents is 1. The van der Waals surface area contributed by atoms with Crippen LogP contribution in [0.4, 0.5) is 10.5 Å². The molecule has 0 aliphatic heterocycles. The lowest BCUT2D eigenvalue weighted by atomic mass is 10.1. The maximum absolute atomic E-state index is 11.4. The van der Waals surface area contributed by atoms with E-state index in [1.807, 2.05) is 5.32 Å². The van der Waals surface area contributed by atoms with Gasteiger partial charge < -0.3 is 21.0 Å². The van der Waals surface area contributed by atoms with Crippen LogP contribution in [0.1, 0.15) is 5.56 Å². The number of nitro groups is 1. The van der Waals surface area contributed by atoms with Gasteiger partial charge in [-0.1, -0.05) is 0 Å². The van der Waals surface area contributed by atoms with E-state index < -0.39 is 28.0 Å². The highest BCUT2D eigenvalue weighted by molar-refractivity contribution is 5.94. The highest BCUT2D eigenvalue weighted by atomic mass is 16.6. The van der Waals surface area contributed by atoms with Gasteiger partial charge in [0, 0.05) is 18.7 Å². The van der Waals surface area contributed by atoms with Crippen molar-refractivity contribution in [2.75, 3.05) is 6.54 Å². The number of aromatic amines is 2. The molecule has 0 unspecified atom stereocenters. The van der Waals surface area contributed by atoms with Crippen LogP contribution in [0.25, 0.3) is 11.0 Å². The number of carbonyl (C=O) groups excluding carboxylic acids is 2. The molecule has 0 radical (unpaired) electrons. The number of carbonyl (C=O) groups is 2. The van der Waals surface area contributed by atoms with Crippen molar-refractivity contribution in [2.45, 2.75) is 6.54 Å². The molecule has 1 aromatic heterocycles. The van der Waals surface area contributed by atoms with E-state index in [1.165, 1.54) is 6.07 Å². The molecule has 24 heavy (non-hydrogen) atoms. The first kappa shape index (κ1) is 16.8. The number of hydrogen-bond acceptors (Lipinski definition) is 7. The Morgan fingerprint density at radius 3 is 2.50 bits per heavy atom. The molecule has 12 nitrogen and oxygen atoms in total. The van der Waals surface area contributed by atoms with E-state index in [0.717, 1.165) is 6.07 Å². The van der Waals surface area contributed by atoms with Crippen LogP contribution in [-0.4, -0.2) is 33.4 Å². The Morgan fingerprint density at radius 1 is 1.21 bits per heavy atom. The summed E-state index contributed by atoms with van der Waals surface area (Å²) in [6.45, 7) is -0.340. The molecule has 126 valence electrons. The van der Waals surface area contributed by atoms with E-state index in [0.29, 0.717) is 0 Å². The lowest BCUT2D eigenvalue weighted by molar-refractivity contribution is -0.384. The van der Waals surface area contributed by atoms with Gasteiger partial charge in [-0.15, -0.1) is 0 Å². The van der Waals surface area contributed by atoms with E-state index in [9.17, 15) is 29.3 Å². The summed E-state index contributed by atoms with van der Waals surface area (Å²) >= 11 is 0. The van der Waals surface area contributed by atoms with Crippen molar-refractivity contribution in [2.24, 2.45) is 5.73 Å². The predicted molar refractivity (Wildman–Crippen MR) is 81.3 cm³/mol. The van der Waals surface area contributed by atoms with E-state index in [4.69, 9.17) is 5.73 Å². The Kier molecular flexibility index (Phi) is 4.70. The van der Waals surface area contributed by atoms with Crippen LogP contribution in [0.15, 0.2) is 21.7 Å².